The zero-order valence-electron chi connectivity index (χ0n) is 24.2. The highest BCUT2D eigenvalue weighted by atomic mass is 32.2. The number of carbonyl (C=O) groups is 4. The summed E-state index contributed by atoms with van der Waals surface area (Å²) in [6.45, 7) is 5.07. The fourth-order valence-electron chi connectivity index (χ4n) is 5.01. The molecule has 3 amide bonds. The highest BCUT2D eigenvalue weighted by molar-refractivity contribution is 7.89. The van der Waals surface area contributed by atoms with Gasteiger partial charge >= 0.3 is 12.1 Å². The van der Waals surface area contributed by atoms with Crippen LogP contribution in [0.5, 0.6) is 0 Å². The van der Waals surface area contributed by atoms with E-state index in [0.717, 1.165) is 10.4 Å². The molecule has 2 aliphatic rings. The predicted molar refractivity (Wildman–Crippen MR) is 156 cm³/mol. The third-order valence-electron chi connectivity index (χ3n) is 7.26. The number of rotatable bonds is 8. The molecule has 1 saturated heterocycles. The summed E-state index contributed by atoms with van der Waals surface area (Å²) in [6, 6.07) is 5.61. The number of nitrogens with zero attached hydrogens (tertiary/aromatic N) is 3. The minimum absolute atomic E-state index is 0.0442. The minimum atomic E-state index is -3.81. The molecule has 0 saturated carbocycles. The standard InChI is InChI=1S/C28H36N4O8S2/c1-5-39-27(35)19-11-15-32(16-12-19)42(37,38)20-9-7-18(8-10-20)24(33)29-25-23(26(34)30(3)4)21-13-14-31(17-22(21)41-25)28(36)40-6-2/h7-10,19H,5-6,11-17H2,1-4H3,(H,29,33). The van der Waals surface area contributed by atoms with Crippen molar-refractivity contribution >= 4 is 50.2 Å². The molecule has 228 valence electrons. The molecule has 0 radical (unpaired) electrons. The molecule has 42 heavy (non-hydrogen) atoms. The number of hydrogen-bond acceptors (Lipinski definition) is 9. The lowest BCUT2D eigenvalue weighted by atomic mass is 9.98. The summed E-state index contributed by atoms with van der Waals surface area (Å²) < 4.78 is 37.9. The molecule has 2 aliphatic heterocycles. The van der Waals surface area contributed by atoms with E-state index in [4.69, 9.17) is 9.47 Å². The summed E-state index contributed by atoms with van der Waals surface area (Å²) in [7, 11) is -0.554. The van der Waals surface area contributed by atoms with Gasteiger partial charge in [0.2, 0.25) is 10.0 Å². The van der Waals surface area contributed by atoms with Crippen LogP contribution in [0, 0.1) is 5.92 Å². The van der Waals surface area contributed by atoms with Gasteiger partial charge < -0.3 is 24.6 Å². The number of amides is 3. The molecule has 1 N–H and O–H groups in total. The quantitative estimate of drug-likeness (QED) is 0.444. The fourth-order valence-corrected chi connectivity index (χ4v) is 7.73. The summed E-state index contributed by atoms with van der Waals surface area (Å²) in [5.41, 5.74) is 1.41. The maximum atomic E-state index is 13.2. The molecule has 0 atom stereocenters. The number of carbonyl (C=O) groups excluding carboxylic acids is 4. The van der Waals surface area contributed by atoms with Crippen molar-refractivity contribution in [2.45, 2.75) is 44.6 Å². The molecule has 0 aliphatic carbocycles. The van der Waals surface area contributed by atoms with Crippen LogP contribution < -0.4 is 5.32 Å². The Balaban J connectivity index is 1.49. The van der Waals surface area contributed by atoms with Crippen molar-refractivity contribution in [3.8, 4) is 0 Å². The van der Waals surface area contributed by atoms with Gasteiger partial charge in [-0.2, -0.15) is 4.31 Å². The van der Waals surface area contributed by atoms with E-state index in [1.807, 2.05) is 0 Å². The largest absolute Gasteiger partial charge is 0.466 e. The third kappa shape index (κ3) is 6.60. The average Bonchev–Trinajstić information content (AvgIpc) is 3.33. The van der Waals surface area contributed by atoms with Crippen LogP contribution in [-0.4, -0.2) is 93.3 Å². The van der Waals surface area contributed by atoms with Gasteiger partial charge in [-0.25, -0.2) is 13.2 Å². The van der Waals surface area contributed by atoms with Crippen LogP contribution in [0.25, 0.3) is 0 Å². The number of nitrogens with one attached hydrogen (secondary N) is 1. The first kappa shape index (κ1) is 31.4. The van der Waals surface area contributed by atoms with Crippen molar-refractivity contribution in [3.05, 3.63) is 45.8 Å². The van der Waals surface area contributed by atoms with Crippen LogP contribution in [-0.2, 0) is 37.3 Å². The second kappa shape index (κ2) is 13.2. The number of hydrogen-bond donors (Lipinski definition) is 1. The van der Waals surface area contributed by atoms with E-state index < -0.39 is 22.0 Å². The Morgan fingerprint density at radius 2 is 1.64 bits per heavy atom. The SMILES string of the molecule is CCOC(=O)C1CCN(S(=O)(=O)c2ccc(C(=O)Nc3sc4c(c3C(=O)N(C)C)CCN(C(=O)OCC)C4)cc2)CC1. The van der Waals surface area contributed by atoms with E-state index in [1.54, 1.807) is 32.8 Å². The summed E-state index contributed by atoms with van der Waals surface area (Å²) in [6.07, 6.45) is 0.782. The number of piperidine rings is 1. The van der Waals surface area contributed by atoms with E-state index in [1.165, 1.54) is 44.8 Å². The van der Waals surface area contributed by atoms with Crippen molar-refractivity contribution in [2.75, 3.05) is 52.3 Å². The zero-order chi connectivity index (χ0) is 30.6. The molecule has 2 aromatic rings. The van der Waals surface area contributed by atoms with Gasteiger partial charge in [0.15, 0.2) is 0 Å². The lowest BCUT2D eigenvalue weighted by Crippen LogP contribution is -2.40. The number of esters is 1. The molecular weight excluding hydrogens is 584 g/mol. The van der Waals surface area contributed by atoms with E-state index in [9.17, 15) is 27.6 Å². The van der Waals surface area contributed by atoms with Crippen molar-refractivity contribution in [3.63, 3.8) is 0 Å². The first-order valence-electron chi connectivity index (χ1n) is 13.8. The first-order chi connectivity index (χ1) is 20.0. The van der Waals surface area contributed by atoms with E-state index in [-0.39, 0.29) is 61.1 Å². The van der Waals surface area contributed by atoms with E-state index in [0.29, 0.717) is 36.4 Å². The fraction of sp³-hybridized carbons (Fsp3) is 0.500. The summed E-state index contributed by atoms with van der Waals surface area (Å²) in [4.78, 5) is 54.4. The molecule has 4 rings (SSSR count). The molecule has 1 aromatic heterocycles. The lowest BCUT2D eigenvalue weighted by Gasteiger charge is -2.30. The van der Waals surface area contributed by atoms with Crippen LogP contribution in [0.4, 0.5) is 9.80 Å². The number of thiophene rings is 1. The first-order valence-corrected chi connectivity index (χ1v) is 16.1. The van der Waals surface area contributed by atoms with Gasteiger partial charge in [0.1, 0.15) is 5.00 Å². The maximum absolute atomic E-state index is 13.2. The monoisotopic (exact) mass is 620 g/mol. The van der Waals surface area contributed by atoms with Gasteiger partial charge in [-0.3, -0.25) is 14.4 Å². The minimum Gasteiger partial charge on any atom is -0.466 e. The Bertz CT molecular complexity index is 1440. The highest BCUT2D eigenvalue weighted by Gasteiger charge is 2.34. The Kier molecular flexibility index (Phi) is 9.89. The van der Waals surface area contributed by atoms with Gasteiger partial charge in [-0.1, -0.05) is 0 Å². The molecule has 1 fully saturated rings. The normalized spacial score (nSPS) is 16.0. The predicted octanol–water partition coefficient (Wildman–Crippen LogP) is 3.18. The second-order valence-electron chi connectivity index (χ2n) is 10.2. The highest BCUT2D eigenvalue weighted by Crippen LogP contribution is 2.38. The van der Waals surface area contributed by atoms with Crippen molar-refractivity contribution < 1.29 is 37.1 Å². The van der Waals surface area contributed by atoms with E-state index >= 15 is 0 Å². The van der Waals surface area contributed by atoms with Gasteiger partial charge in [0.05, 0.1) is 36.1 Å². The molecule has 0 spiro atoms. The molecule has 14 heteroatoms. The number of sulfonamides is 1. The number of fused-ring (bicyclic) bond motifs is 1. The summed E-state index contributed by atoms with van der Waals surface area (Å²) >= 11 is 1.24. The Morgan fingerprint density at radius 1 is 1.00 bits per heavy atom. The van der Waals surface area contributed by atoms with Gasteiger partial charge in [0.25, 0.3) is 11.8 Å². The number of ether oxygens (including phenoxy) is 2. The average molecular weight is 621 g/mol. The molecule has 3 heterocycles. The molecule has 0 bridgehead atoms. The number of anilines is 1. The molecular formula is C28H36N4O8S2. The molecule has 1 aromatic carbocycles. The van der Waals surface area contributed by atoms with Crippen LogP contribution in [0.2, 0.25) is 0 Å². The Labute approximate surface area is 249 Å². The molecule has 12 nitrogen and oxygen atoms in total. The van der Waals surface area contributed by atoms with Crippen LogP contribution in [0.1, 0.15) is 57.8 Å². The van der Waals surface area contributed by atoms with Crippen molar-refractivity contribution in [1.29, 1.82) is 0 Å². The van der Waals surface area contributed by atoms with Crippen LogP contribution >= 0.6 is 11.3 Å². The Hall–Kier alpha value is -3.49. The Morgan fingerprint density at radius 3 is 2.24 bits per heavy atom. The van der Waals surface area contributed by atoms with Crippen LogP contribution in [0.3, 0.4) is 0 Å². The lowest BCUT2D eigenvalue weighted by molar-refractivity contribution is -0.149. The summed E-state index contributed by atoms with van der Waals surface area (Å²) in [5.74, 6) is -1.38. The second-order valence-corrected chi connectivity index (χ2v) is 13.2. The summed E-state index contributed by atoms with van der Waals surface area (Å²) in [5, 5.41) is 3.20. The van der Waals surface area contributed by atoms with E-state index in [2.05, 4.69) is 5.32 Å². The number of benzene rings is 1. The van der Waals surface area contributed by atoms with Crippen LogP contribution in [0.15, 0.2) is 29.2 Å². The third-order valence-corrected chi connectivity index (χ3v) is 10.3. The topological polar surface area (TPSA) is 143 Å². The molecule has 0 unspecified atom stereocenters. The van der Waals surface area contributed by atoms with Gasteiger partial charge in [-0.15, -0.1) is 11.3 Å². The van der Waals surface area contributed by atoms with Gasteiger partial charge in [-0.05, 0) is 62.9 Å². The van der Waals surface area contributed by atoms with Crippen molar-refractivity contribution in [2.24, 2.45) is 5.92 Å². The van der Waals surface area contributed by atoms with Crippen molar-refractivity contribution in [1.82, 2.24) is 14.1 Å². The van der Waals surface area contributed by atoms with Gasteiger partial charge in [0, 0.05) is 44.2 Å². The smallest absolute Gasteiger partial charge is 0.410 e. The zero-order valence-corrected chi connectivity index (χ0v) is 25.8. The maximum Gasteiger partial charge on any atom is 0.410 e.